The number of piperidine rings is 1. The van der Waals surface area contributed by atoms with Crippen molar-refractivity contribution in [1.82, 2.24) is 10.5 Å². The maximum absolute atomic E-state index is 5.00. The fraction of sp³-hybridized carbons (Fsp3) is 0.500. The first kappa shape index (κ1) is 11.3. The number of hydrogen-bond acceptors (Lipinski definition) is 3. The Morgan fingerprint density at radius 2 is 2.14 bits per heavy atom. The monoisotopic (exact) mass is 214 g/mol. The molecular formula is C10H15ClN2O. The SMILES string of the molecule is Cc1cc(C=C2CCNCC2)no1.Cl. The van der Waals surface area contributed by atoms with Crippen LogP contribution in [-0.2, 0) is 0 Å². The first-order chi connectivity index (χ1) is 6.34. The Morgan fingerprint density at radius 1 is 1.43 bits per heavy atom. The number of aryl methyl sites for hydroxylation is 1. The first-order valence-corrected chi connectivity index (χ1v) is 4.68. The molecule has 1 aliphatic rings. The Bertz CT molecular complexity index is 312. The molecule has 0 amide bonds. The number of hydrogen-bond donors (Lipinski definition) is 1. The fourth-order valence-corrected chi connectivity index (χ4v) is 1.56. The quantitative estimate of drug-likeness (QED) is 0.779. The molecule has 0 aliphatic carbocycles. The van der Waals surface area contributed by atoms with Gasteiger partial charge in [0.25, 0.3) is 0 Å². The van der Waals surface area contributed by atoms with Crippen molar-refractivity contribution in [2.75, 3.05) is 13.1 Å². The van der Waals surface area contributed by atoms with E-state index in [-0.39, 0.29) is 12.4 Å². The van der Waals surface area contributed by atoms with Gasteiger partial charge in [-0.2, -0.15) is 0 Å². The summed E-state index contributed by atoms with van der Waals surface area (Å²) in [6.07, 6.45) is 4.40. The second kappa shape index (κ2) is 5.17. The van der Waals surface area contributed by atoms with Crippen LogP contribution in [0.5, 0.6) is 0 Å². The van der Waals surface area contributed by atoms with Gasteiger partial charge in [0.05, 0.1) is 0 Å². The molecule has 2 rings (SSSR count). The van der Waals surface area contributed by atoms with Gasteiger partial charge in [0, 0.05) is 6.07 Å². The van der Waals surface area contributed by atoms with Crippen molar-refractivity contribution in [3.63, 3.8) is 0 Å². The van der Waals surface area contributed by atoms with E-state index in [1.807, 2.05) is 13.0 Å². The predicted molar refractivity (Wildman–Crippen MR) is 58.6 cm³/mol. The lowest BCUT2D eigenvalue weighted by Crippen LogP contribution is -2.22. The highest BCUT2D eigenvalue weighted by Crippen LogP contribution is 2.14. The van der Waals surface area contributed by atoms with Crippen LogP contribution < -0.4 is 5.32 Å². The van der Waals surface area contributed by atoms with Crippen LogP contribution in [0.25, 0.3) is 6.08 Å². The summed E-state index contributed by atoms with van der Waals surface area (Å²) >= 11 is 0. The van der Waals surface area contributed by atoms with Crippen molar-refractivity contribution >= 4 is 18.5 Å². The molecule has 1 aromatic rings. The van der Waals surface area contributed by atoms with E-state index in [0.29, 0.717) is 0 Å². The van der Waals surface area contributed by atoms with E-state index in [0.717, 1.165) is 37.4 Å². The van der Waals surface area contributed by atoms with Crippen LogP contribution in [0.15, 0.2) is 16.2 Å². The van der Waals surface area contributed by atoms with Gasteiger partial charge in [-0.15, -0.1) is 12.4 Å². The van der Waals surface area contributed by atoms with Gasteiger partial charge in [-0.25, -0.2) is 0 Å². The maximum atomic E-state index is 5.00. The predicted octanol–water partition coefficient (Wildman–Crippen LogP) is 2.17. The molecule has 0 aromatic carbocycles. The molecule has 1 saturated heterocycles. The Kier molecular flexibility index (Phi) is 4.17. The molecule has 1 N–H and O–H groups in total. The Hall–Kier alpha value is -0.800. The van der Waals surface area contributed by atoms with Gasteiger partial charge in [-0.1, -0.05) is 10.7 Å². The van der Waals surface area contributed by atoms with Crippen LogP contribution in [0.2, 0.25) is 0 Å². The van der Waals surface area contributed by atoms with Crippen molar-refractivity contribution in [3.05, 3.63) is 23.1 Å². The molecule has 0 spiro atoms. The standard InChI is InChI=1S/C10H14N2O.ClH/c1-8-6-10(12-13-8)7-9-2-4-11-5-3-9;/h6-7,11H,2-5H2,1H3;1H. The highest BCUT2D eigenvalue weighted by molar-refractivity contribution is 5.85. The Balaban J connectivity index is 0.000000980. The third kappa shape index (κ3) is 2.86. The average Bonchev–Trinajstić information content (AvgIpc) is 2.53. The second-order valence-corrected chi connectivity index (χ2v) is 3.42. The smallest absolute Gasteiger partial charge is 0.134 e. The molecule has 0 atom stereocenters. The summed E-state index contributed by atoms with van der Waals surface area (Å²) in [4.78, 5) is 0. The molecule has 78 valence electrons. The lowest BCUT2D eigenvalue weighted by Gasteiger charge is -2.14. The van der Waals surface area contributed by atoms with Crippen molar-refractivity contribution < 1.29 is 4.52 Å². The minimum atomic E-state index is 0. The summed E-state index contributed by atoms with van der Waals surface area (Å²) in [6.45, 7) is 4.09. The topological polar surface area (TPSA) is 38.1 Å². The number of nitrogens with one attached hydrogen (secondary N) is 1. The number of aromatic nitrogens is 1. The van der Waals surface area contributed by atoms with E-state index in [9.17, 15) is 0 Å². The Morgan fingerprint density at radius 3 is 2.71 bits per heavy atom. The van der Waals surface area contributed by atoms with E-state index in [2.05, 4.69) is 16.5 Å². The molecule has 0 saturated carbocycles. The van der Waals surface area contributed by atoms with Gasteiger partial charge in [0.15, 0.2) is 0 Å². The van der Waals surface area contributed by atoms with Gasteiger partial charge in [-0.05, 0) is 38.9 Å². The third-order valence-electron chi connectivity index (χ3n) is 2.24. The largest absolute Gasteiger partial charge is 0.361 e. The molecule has 0 unspecified atom stereocenters. The number of rotatable bonds is 1. The maximum Gasteiger partial charge on any atom is 0.134 e. The third-order valence-corrected chi connectivity index (χ3v) is 2.24. The van der Waals surface area contributed by atoms with Crippen LogP contribution >= 0.6 is 12.4 Å². The van der Waals surface area contributed by atoms with Crippen LogP contribution in [0, 0.1) is 6.92 Å². The molecule has 3 nitrogen and oxygen atoms in total. The molecular weight excluding hydrogens is 200 g/mol. The van der Waals surface area contributed by atoms with E-state index < -0.39 is 0 Å². The van der Waals surface area contributed by atoms with Crippen LogP contribution in [0.4, 0.5) is 0 Å². The van der Waals surface area contributed by atoms with Crippen LogP contribution in [0.1, 0.15) is 24.3 Å². The first-order valence-electron chi connectivity index (χ1n) is 4.68. The van der Waals surface area contributed by atoms with Crippen molar-refractivity contribution in [2.24, 2.45) is 0 Å². The highest BCUT2D eigenvalue weighted by Gasteiger charge is 2.05. The minimum absolute atomic E-state index is 0. The molecule has 0 radical (unpaired) electrons. The molecule has 14 heavy (non-hydrogen) atoms. The van der Waals surface area contributed by atoms with E-state index in [1.165, 1.54) is 5.57 Å². The highest BCUT2D eigenvalue weighted by atomic mass is 35.5. The number of nitrogens with zero attached hydrogens (tertiary/aromatic N) is 1. The van der Waals surface area contributed by atoms with Gasteiger partial charge >= 0.3 is 0 Å². The van der Waals surface area contributed by atoms with Crippen LogP contribution in [0.3, 0.4) is 0 Å². The molecule has 1 aromatic heterocycles. The fourth-order valence-electron chi connectivity index (χ4n) is 1.56. The van der Waals surface area contributed by atoms with Crippen molar-refractivity contribution in [3.8, 4) is 0 Å². The normalized spacial score (nSPS) is 16.2. The van der Waals surface area contributed by atoms with Crippen molar-refractivity contribution in [2.45, 2.75) is 19.8 Å². The molecule has 4 heteroatoms. The lowest BCUT2D eigenvalue weighted by molar-refractivity contribution is 0.396. The molecule has 1 fully saturated rings. The minimum Gasteiger partial charge on any atom is -0.361 e. The van der Waals surface area contributed by atoms with Gasteiger partial charge in [0.1, 0.15) is 11.5 Å². The van der Waals surface area contributed by atoms with E-state index in [4.69, 9.17) is 4.52 Å². The summed E-state index contributed by atoms with van der Waals surface area (Å²) in [7, 11) is 0. The average molecular weight is 215 g/mol. The Labute approximate surface area is 90.0 Å². The van der Waals surface area contributed by atoms with Crippen LogP contribution in [-0.4, -0.2) is 18.2 Å². The summed E-state index contributed by atoms with van der Waals surface area (Å²) < 4.78 is 5.00. The summed E-state index contributed by atoms with van der Waals surface area (Å²) in [5, 5.41) is 7.26. The zero-order chi connectivity index (χ0) is 9.10. The molecule has 2 heterocycles. The summed E-state index contributed by atoms with van der Waals surface area (Å²) in [5.41, 5.74) is 2.42. The number of halogens is 1. The lowest BCUT2D eigenvalue weighted by atomic mass is 10.0. The van der Waals surface area contributed by atoms with Gasteiger partial charge < -0.3 is 9.84 Å². The molecule has 0 bridgehead atoms. The second-order valence-electron chi connectivity index (χ2n) is 3.42. The van der Waals surface area contributed by atoms with Gasteiger partial charge in [-0.3, -0.25) is 0 Å². The summed E-state index contributed by atoms with van der Waals surface area (Å²) in [6, 6.07) is 1.97. The van der Waals surface area contributed by atoms with Crippen molar-refractivity contribution in [1.29, 1.82) is 0 Å². The zero-order valence-corrected chi connectivity index (χ0v) is 9.06. The van der Waals surface area contributed by atoms with E-state index in [1.54, 1.807) is 0 Å². The zero-order valence-electron chi connectivity index (χ0n) is 8.25. The molecule has 1 aliphatic heterocycles. The summed E-state index contributed by atoms with van der Waals surface area (Å²) in [5.74, 6) is 0.876. The van der Waals surface area contributed by atoms with E-state index >= 15 is 0 Å². The van der Waals surface area contributed by atoms with Gasteiger partial charge in [0.2, 0.25) is 0 Å².